The third-order valence-electron chi connectivity index (χ3n) is 5.23. The number of aromatic nitrogens is 1. The minimum absolute atomic E-state index is 0.0908. The summed E-state index contributed by atoms with van der Waals surface area (Å²) in [6.45, 7) is 7.61. The highest BCUT2D eigenvalue weighted by Crippen LogP contribution is 2.22. The van der Waals surface area contributed by atoms with E-state index in [1.54, 1.807) is 38.1 Å². The molecule has 1 heterocycles. The number of rotatable bonds is 8. The van der Waals surface area contributed by atoms with E-state index in [9.17, 15) is 19.5 Å². The lowest BCUT2D eigenvalue weighted by Gasteiger charge is -2.16. The maximum Gasteiger partial charge on any atom is 0.326 e. The van der Waals surface area contributed by atoms with Crippen LogP contribution < -0.4 is 16.0 Å². The fourth-order valence-corrected chi connectivity index (χ4v) is 3.21. The molecule has 0 fully saturated rings. The number of urea groups is 1. The van der Waals surface area contributed by atoms with Crippen LogP contribution in [0.5, 0.6) is 0 Å². The second kappa shape index (κ2) is 10.7. The maximum atomic E-state index is 12.3. The zero-order valence-electron chi connectivity index (χ0n) is 19.5. The largest absolute Gasteiger partial charge is 0.480 e. The van der Waals surface area contributed by atoms with Gasteiger partial charge in [0.05, 0.1) is 0 Å². The average molecular weight is 465 g/mol. The predicted molar refractivity (Wildman–Crippen MR) is 129 cm³/mol. The van der Waals surface area contributed by atoms with E-state index in [1.165, 1.54) is 11.6 Å². The number of hydrogen-bond acceptors (Lipinski definition) is 5. The van der Waals surface area contributed by atoms with Crippen molar-refractivity contribution in [3.05, 3.63) is 65.9 Å². The number of carbonyl (C=O) groups excluding carboxylic acids is 2. The number of carboxylic acids is 1. The number of anilines is 2. The smallest absolute Gasteiger partial charge is 0.326 e. The van der Waals surface area contributed by atoms with E-state index in [-0.39, 0.29) is 17.7 Å². The van der Waals surface area contributed by atoms with Gasteiger partial charge in [-0.2, -0.15) is 0 Å². The lowest BCUT2D eigenvalue weighted by molar-refractivity contribution is -0.140. The zero-order valence-corrected chi connectivity index (χ0v) is 19.5. The maximum absolute atomic E-state index is 12.3. The summed E-state index contributed by atoms with van der Waals surface area (Å²) >= 11 is 0. The molecule has 1 unspecified atom stereocenters. The quantitative estimate of drug-likeness (QED) is 0.373. The molecule has 34 heavy (non-hydrogen) atoms. The molecule has 2 aromatic carbocycles. The van der Waals surface area contributed by atoms with Crippen molar-refractivity contribution in [1.82, 2.24) is 10.5 Å². The van der Waals surface area contributed by atoms with E-state index in [0.29, 0.717) is 28.6 Å². The summed E-state index contributed by atoms with van der Waals surface area (Å²) in [4.78, 5) is 35.9. The third kappa shape index (κ3) is 6.22. The third-order valence-corrected chi connectivity index (χ3v) is 5.23. The van der Waals surface area contributed by atoms with Crippen molar-refractivity contribution in [3.63, 3.8) is 0 Å². The number of benzene rings is 2. The monoisotopic (exact) mass is 464 g/mol. The Bertz CT molecular complexity index is 1150. The van der Waals surface area contributed by atoms with Gasteiger partial charge in [0.15, 0.2) is 0 Å². The molecule has 4 N–H and O–H groups in total. The number of amides is 3. The van der Waals surface area contributed by atoms with Crippen LogP contribution in [0.1, 0.15) is 49.7 Å². The fourth-order valence-electron chi connectivity index (χ4n) is 3.21. The first-order valence-corrected chi connectivity index (χ1v) is 10.9. The Morgan fingerprint density at radius 1 is 0.882 bits per heavy atom. The van der Waals surface area contributed by atoms with E-state index in [0.717, 1.165) is 0 Å². The molecule has 0 aliphatic rings. The molecule has 0 spiro atoms. The first-order valence-electron chi connectivity index (χ1n) is 10.9. The van der Waals surface area contributed by atoms with E-state index in [1.807, 2.05) is 24.3 Å². The molecule has 3 rings (SSSR count). The SMILES string of the molecule is CC(C)c1ccc(NC(=O)Nc2ccc(-c3cc(C(=O)NC(C(=O)O)C(C)C)on3)cc2)cc1. The summed E-state index contributed by atoms with van der Waals surface area (Å²) < 4.78 is 5.09. The van der Waals surface area contributed by atoms with Crippen LogP contribution in [0.4, 0.5) is 16.2 Å². The molecule has 0 saturated heterocycles. The molecule has 9 heteroatoms. The molecule has 0 aliphatic heterocycles. The summed E-state index contributed by atoms with van der Waals surface area (Å²) in [6.07, 6.45) is 0. The lowest BCUT2D eigenvalue weighted by atomic mass is 10.0. The number of carbonyl (C=O) groups is 3. The van der Waals surface area contributed by atoms with Gasteiger partial charge in [-0.1, -0.05) is 57.1 Å². The number of hydrogen-bond donors (Lipinski definition) is 4. The predicted octanol–water partition coefficient (Wildman–Crippen LogP) is 4.95. The van der Waals surface area contributed by atoms with Gasteiger partial charge < -0.3 is 25.6 Å². The molecule has 3 amide bonds. The molecule has 178 valence electrons. The van der Waals surface area contributed by atoms with E-state index >= 15 is 0 Å². The van der Waals surface area contributed by atoms with Crippen LogP contribution in [0, 0.1) is 5.92 Å². The minimum Gasteiger partial charge on any atom is -0.480 e. The normalized spacial score (nSPS) is 11.8. The Morgan fingerprint density at radius 3 is 1.94 bits per heavy atom. The topological polar surface area (TPSA) is 134 Å². The van der Waals surface area contributed by atoms with Gasteiger partial charge in [0.1, 0.15) is 11.7 Å². The molecule has 9 nitrogen and oxygen atoms in total. The van der Waals surface area contributed by atoms with Crippen molar-refractivity contribution < 1.29 is 24.0 Å². The van der Waals surface area contributed by atoms with Crippen molar-refractivity contribution in [2.75, 3.05) is 10.6 Å². The van der Waals surface area contributed by atoms with Crippen molar-refractivity contribution in [2.45, 2.75) is 39.7 Å². The Balaban J connectivity index is 1.60. The van der Waals surface area contributed by atoms with Crippen LogP contribution in [0.2, 0.25) is 0 Å². The fraction of sp³-hybridized carbons (Fsp3) is 0.280. The molecule has 0 saturated carbocycles. The molecule has 0 radical (unpaired) electrons. The van der Waals surface area contributed by atoms with E-state index in [4.69, 9.17) is 4.52 Å². The number of aliphatic carboxylic acids is 1. The van der Waals surface area contributed by atoms with Crippen LogP contribution in [-0.2, 0) is 4.79 Å². The minimum atomic E-state index is -1.12. The molecule has 0 bridgehead atoms. The van der Waals surface area contributed by atoms with Crippen LogP contribution >= 0.6 is 0 Å². The van der Waals surface area contributed by atoms with Gasteiger partial charge >= 0.3 is 12.0 Å². The van der Waals surface area contributed by atoms with Crippen molar-refractivity contribution in [3.8, 4) is 11.3 Å². The van der Waals surface area contributed by atoms with Crippen LogP contribution in [-0.4, -0.2) is 34.2 Å². The lowest BCUT2D eigenvalue weighted by Crippen LogP contribution is -2.44. The van der Waals surface area contributed by atoms with E-state index < -0.39 is 17.9 Å². The molecule has 0 aliphatic carbocycles. The Kier molecular flexibility index (Phi) is 7.68. The molecular weight excluding hydrogens is 436 g/mol. The second-order valence-electron chi connectivity index (χ2n) is 8.54. The van der Waals surface area contributed by atoms with Gasteiger partial charge in [-0.05, 0) is 41.7 Å². The van der Waals surface area contributed by atoms with Crippen LogP contribution in [0.3, 0.4) is 0 Å². The number of nitrogens with zero attached hydrogens (tertiary/aromatic N) is 1. The van der Waals surface area contributed by atoms with Crippen molar-refractivity contribution in [2.24, 2.45) is 5.92 Å². The number of carboxylic acid groups (broad SMARTS) is 1. The van der Waals surface area contributed by atoms with Gasteiger partial charge in [0.25, 0.3) is 5.91 Å². The average Bonchev–Trinajstić information content (AvgIpc) is 3.28. The summed E-state index contributed by atoms with van der Waals surface area (Å²) in [5, 5.41) is 21.1. The molecule has 3 aromatic rings. The summed E-state index contributed by atoms with van der Waals surface area (Å²) in [5.41, 5.74) is 3.52. The Hall–Kier alpha value is -4.14. The molecular formula is C25H28N4O5. The van der Waals surface area contributed by atoms with Crippen molar-refractivity contribution in [1.29, 1.82) is 0 Å². The molecule has 1 aromatic heterocycles. The van der Waals surface area contributed by atoms with Crippen molar-refractivity contribution >= 4 is 29.3 Å². The summed E-state index contributed by atoms with van der Waals surface area (Å²) in [7, 11) is 0. The Morgan fingerprint density at radius 2 is 1.44 bits per heavy atom. The first kappa shape index (κ1) is 24.5. The zero-order chi connectivity index (χ0) is 24.8. The molecule has 1 atom stereocenters. The number of nitrogens with one attached hydrogen (secondary N) is 3. The second-order valence-corrected chi connectivity index (χ2v) is 8.54. The summed E-state index contributed by atoms with van der Waals surface area (Å²) in [5.74, 6) is -1.75. The highest BCUT2D eigenvalue weighted by atomic mass is 16.5. The standard InChI is InChI=1S/C25H28N4O5/c1-14(2)16-5-9-18(10-6-16)26-25(33)27-19-11-7-17(8-12-19)20-13-21(34-29-20)23(30)28-22(15(3)4)24(31)32/h5-15,22H,1-4H3,(H,28,30)(H,31,32)(H2,26,27,33). The van der Waals surface area contributed by atoms with Gasteiger partial charge in [0.2, 0.25) is 5.76 Å². The van der Waals surface area contributed by atoms with Gasteiger partial charge in [-0.15, -0.1) is 0 Å². The highest BCUT2D eigenvalue weighted by Gasteiger charge is 2.25. The van der Waals surface area contributed by atoms with Gasteiger partial charge in [0, 0.05) is 23.0 Å². The van der Waals surface area contributed by atoms with Gasteiger partial charge in [-0.25, -0.2) is 9.59 Å². The van der Waals surface area contributed by atoms with E-state index in [2.05, 4.69) is 35.0 Å². The highest BCUT2D eigenvalue weighted by molar-refractivity contribution is 6.00. The van der Waals surface area contributed by atoms with Gasteiger partial charge in [-0.3, -0.25) is 4.79 Å². The Labute approximate surface area is 197 Å². The van der Waals surface area contributed by atoms with Crippen LogP contribution in [0.15, 0.2) is 59.1 Å². The van der Waals surface area contributed by atoms with Crippen LogP contribution in [0.25, 0.3) is 11.3 Å². The first-order chi connectivity index (χ1) is 16.1. The summed E-state index contributed by atoms with van der Waals surface area (Å²) in [6, 6.07) is 14.5.